The lowest BCUT2D eigenvalue weighted by atomic mass is 10.1. The summed E-state index contributed by atoms with van der Waals surface area (Å²) in [6.07, 6.45) is 0. The van der Waals surface area contributed by atoms with E-state index in [1.165, 1.54) is 0 Å². The van der Waals surface area contributed by atoms with Crippen molar-refractivity contribution in [2.75, 3.05) is 19.8 Å². The number of nitriles is 1. The Morgan fingerprint density at radius 2 is 1.74 bits per heavy atom. The number of hydrogen-bond acceptors (Lipinski definition) is 5. The van der Waals surface area contributed by atoms with Gasteiger partial charge in [0, 0.05) is 6.07 Å². The molecule has 0 aliphatic heterocycles. The quantitative estimate of drug-likeness (QED) is 0.731. The van der Waals surface area contributed by atoms with E-state index in [0.29, 0.717) is 30.3 Å². The summed E-state index contributed by atoms with van der Waals surface area (Å²) in [5.41, 5.74) is 1.44. The highest BCUT2D eigenvalue weighted by atomic mass is 16.5. The molecule has 142 valence electrons. The molecule has 6 heteroatoms. The molecular formula is C21H24N2O4. The third-order valence-corrected chi connectivity index (χ3v) is 3.80. The summed E-state index contributed by atoms with van der Waals surface area (Å²) in [6.45, 7) is 6.58. The first kappa shape index (κ1) is 20.1. The standard InChI is InChI=1S/C21H24N2O4/c1-4-25-18-9-7-17(8-10-18)15(3)23-21(24)14-27-19-11-6-16(13-22)12-20(19)26-5-2/h6-12,15H,4-5,14H2,1-3H3,(H,23,24)/t15-/m0/s1. The number of carbonyl (C=O) groups is 1. The molecule has 6 nitrogen and oxygen atoms in total. The third kappa shape index (κ3) is 5.93. The average Bonchev–Trinajstić information content (AvgIpc) is 2.68. The first-order chi connectivity index (χ1) is 13.1. The number of amides is 1. The van der Waals surface area contributed by atoms with E-state index in [1.807, 2.05) is 45.0 Å². The van der Waals surface area contributed by atoms with Crippen LogP contribution in [0.15, 0.2) is 42.5 Å². The van der Waals surface area contributed by atoms with Gasteiger partial charge in [0.1, 0.15) is 5.75 Å². The monoisotopic (exact) mass is 368 g/mol. The molecule has 0 saturated heterocycles. The number of benzene rings is 2. The van der Waals surface area contributed by atoms with E-state index in [-0.39, 0.29) is 18.6 Å². The van der Waals surface area contributed by atoms with Crippen molar-refractivity contribution in [2.24, 2.45) is 0 Å². The van der Waals surface area contributed by atoms with Crippen molar-refractivity contribution in [1.29, 1.82) is 5.26 Å². The Morgan fingerprint density at radius 1 is 1.04 bits per heavy atom. The fourth-order valence-electron chi connectivity index (χ4n) is 2.49. The highest BCUT2D eigenvalue weighted by Gasteiger charge is 2.12. The molecule has 1 amide bonds. The van der Waals surface area contributed by atoms with Crippen LogP contribution in [0.4, 0.5) is 0 Å². The lowest BCUT2D eigenvalue weighted by molar-refractivity contribution is -0.123. The topological polar surface area (TPSA) is 80.6 Å². The second-order valence-electron chi connectivity index (χ2n) is 5.79. The maximum atomic E-state index is 12.2. The van der Waals surface area contributed by atoms with Crippen molar-refractivity contribution in [3.8, 4) is 23.3 Å². The fourth-order valence-corrected chi connectivity index (χ4v) is 2.49. The van der Waals surface area contributed by atoms with Gasteiger partial charge in [-0.25, -0.2) is 0 Å². The van der Waals surface area contributed by atoms with Gasteiger partial charge in [0.25, 0.3) is 5.91 Å². The molecule has 0 unspecified atom stereocenters. The minimum absolute atomic E-state index is 0.145. The minimum atomic E-state index is -0.247. The highest BCUT2D eigenvalue weighted by molar-refractivity contribution is 5.78. The molecule has 0 aliphatic rings. The third-order valence-electron chi connectivity index (χ3n) is 3.80. The predicted molar refractivity (Wildman–Crippen MR) is 102 cm³/mol. The minimum Gasteiger partial charge on any atom is -0.494 e. The number of hydrogen-bond donors (Lipinski definition) is 1. The molecule has 0 bridgehead atoms. The number of nitrogens with zero attached hydrogens (tertiary/aromatic N) is 1. The van der Waals surface area contributed by atoms with Crippen LogP contribution >= 0.6 is 0 Å². The normalized spacial score (nSPS) is 11.2. The Hall–Kier alpha value is -3.20. The van der Waals surface area contributed by atoms with Crippen LogP contribution in [0.2, 0.25) is 0 Å². The molecule has 2 aromatic rings. The van der Waals surface area contributed by atoms with Gasteiger partial charge in [-0.3, -0.25) is 4.79 Å². The number of nitrogens with one attached hydrogen (secondary N) is 1. The molecule has 0 aliphatic carbocycles. The van der Waals surface area contributed by atoms with Gasteiger partial charge in [-0.1, -0.05) is 12.1 Å². The number of rotatable bonds is 9. The van der Waals surface area contributed by atoms with E-state index >= 15 is 0 Å². The van der Waals surface area contributed by atoms with E-state index in [2.05, 4.69) is 11.4 Å². The van der Waals surface area contributed by atoms with Gasteiger partial charge in [0.05, 0.1) is 30.9 Å². The van der Waals surface area contributed by atoms with Gasteiger partial charge < -0.3 is 19.5 Å². The van der Waals surface area contributed by atoms with E-state index in [0.717, 1.165) is 11.3 Å². The van der Waals surface area contributed by atoms with Crippen molar-refractivity contribution < 1.29 is 19.0 Å². The Bertz CT molecular complexity index is 797. The zero-order valence-corrected chi connectivity index (χ0v) is 15.8. The SMILES string of the molecule is CCOc1ccc([C@H](C)NC(=O)COc2ccc(C#N)cc2OCC)cc1. The largest absolute Gasteiger partial charge is 0.494 e. The summed E-state index contributed by atoms with van der Waals surface area (Å²) in [5.74, 6) is 1.43. The Morgan fingerprint density at radius 3 is 2.37 bits per heavy atom. The molecule has 1 atom stereocenters. The van der Waals surface area contributed by atoms with Gasteiger partial charge in [0.2, 0.25) is 0 Å². The average molecular weight is 368 g/mol. The zero-order chi connectivity index (χ0) is 19.6. The van der Waals surface area contributed by atoms with Gasteiger partial charge in [0.15, 0.2) is 18.1 Å². The van der Waals surface area contributed by atoms with Crippen molar-refractivity contribution >= 4 is 5.91 Å². The Labute approximate surface area is 159 Å². The molecule has 0 saturated carbocycles. The molecule has 2 aromatic carbocycles. The second-order valence-corrected chi connectivity index (χ2v) is 5.79. The summed E-state index contributed by atoms with van der Waals surface area (Å²) < 4.78 is 16.5. The molecule has 0 aromatic heterocycles. The Kier molecular flexibility index (Phi) is 7.50. The lowest BCUT2D eigenvalue weighted by Crippen LogP contribution is -2.31. The summed E-state index contributed by atoms with van der Waals surface area (Å²) in [5, 5.41) is 11.9. The molecule has 2 rings (SSSR count). The Balaban J connectivity index is 1.93. The van der Waals surface area contributed by atoms with Crippen LogP contribution < -0.4 is 19.5 Å². The van der Waals surface area contributed by atoms with Crippen LogP contribution in [0.3, 0.4) is 0 Å². The molecule has 1 N–H and O–H groups in total. The summed E-state index contributed by atoms with van der Waals surface area (Å²) in [6, 6.07) is 14.3. The molecule has 27 heavy (non-hydrogen) atoms. The lowest BCUT2D eigenvalue weighted by Gasteiger charge is -2.16. The molecular weight excluding hydrogens is 344 g/mol. The van der Waals surface area contributed by atoms with E-state index in [9.17, 15) is 4.79 Å². The van der Waals surface area contributed by atoms with Gasteiger partial charge >= 0.3 is 0 Å². The second kappa shape index (κ2) is 10.1. The smallest absolute Gasteiger partial charge is 0.258 e. The summed E-state index contributed by atoms with van der Waals surface area (Å²) in [4.78, 5) is 12.2. The van der Waals surface area contributed by atoms with E-state index < -0.39 is 0 Å². The highest BCUT2D eigenvalue weighted by Crippen LogP contribution is 2.28. The maximum absolute atomic E-state index is 12.2. The molecule has 0 radical (unpaired) electrons. The summed E-state index contributed by atoms with van der Waals surface area (Å²) in [7, 11) is 0. The first-order valence-corrected chi connectivity index (χ1v) is 8.89. The van der Waals surface area contributed by atoms with Crippen LogP contribution in [0, 0.1) is 11.3 Å². The first-order valence-electron chi connectivity index (χ1n) is 8.89. The van der Waals surface area contributed by atoms with Crippen LogP contribution in [0.5, 0.6) is 17.2 Å². The molecule has 0 heterocycles. The van der Waals surface area contributed by atoms with Crippen LogP contribution in [-0.2, 0) is 4.79 Å². The summed E-state index contributed by atoms with van der Waals surface area (Å²) >= 11 is 0. The van der Waals surface area contributed by atoms with Crippen LogP contribution in [-0.4, -0.2) is 25.7 Å². The van der Waals surface area contributed by atoms with Crippen molar-refractivity contribution in [3.63, 3.8) is 0 Å². The van der Waals surface area contributed by atoms with Crippen LogP contribution in [0.25, 0.3) is 0 Å². The van der Waals surface area contributed by atoms with Gasteiger partial charge in [-0.2, -0.15) is 5.26 Å². The zero-order valence-electron chi connectivity index (χ0n) is 15.8. The molecule has 0 fully saturated rings. The van der Waals surface area contributed by atoms with Gasteiger partial charge in [-0.05, 0) is 50.6 Å². The maximum Gasteiger partial charge on any atom is 0.258 e. The molecule has 0 spiro atoms. The number of carbonyl (C=O) groups excluding carboxylic acids is 1. The predicted octanol–water partition coefficient (Wildman–Crippen LogP) is 3.61. The van der Waals surface area contributed by atoms with E-state index in [1.54, 1.807) is 18.2 Å². The number of ether oxygens (including phenoxy) is 3. The van der Waals surface area contributed by atoms with Crippen LogP contribution in [0.1, 0.15) is 37.9 Å². The van der Waals surface area contributed by atoms with Crippen molar-refractivity contribution in [2.45, 2.75) is 26.8 Å². The van der Waals surface area contributed by atoms with Crippen molar-refractivity contribution in [3.05, 3.63) is 53.6 Å². The van der Waals surface area contributed by atoms with Gasteiger partial charge in [-0.15, -0.1) is 0 Å². The van der Waals surface area contributed by atoms with Crippen molar-refractivity contribution in [1.82, 2.24) is 5.32 Å². The van der Waals surface area contributed by atoms with E-state index in [4.69, 9.17) is 19.5 Å². The fraction of sp³-hybridized carbons (Fsp3) is 0.333.